The van der Waals surface area contributed by atoms with Gasteiger partial charge in [0.15, 0.2) is 5.96 Å². The van der Waals surface area contributed by atoms with Crippen molar-refractivity contribution in [3.8, 4) is 5.75 Å². The summed E-state index contributed by atoms with van der Waals surface area (Å²) in [7, 11) is 3.58. The summed E-state index contributed by atoms with van der Waals surface area (Å²) >= 11 is 0. The molecule has 1 heterocycles. The van der Waals surface area contributed by atoms with Crippen LogP contribution in [-0.2, 0) is 16.0 Å². The van der Waals surface area contributed by atoms with E-state index in [2.05, 4.69) is 40.7 Å². The number of hydrogen-bond donors (Lipinski definition) is 2. The Balaban J connectivity index is 0.00000280. The number of ether oxygens (including phenoxy) is 3. The Morgan fingerprint density at radius 1 is 1.32 bits per heavy atom. The van der Waals surface area contributed by atoms with Gasteiger partial charge >= 0.3 is 0 Å². The zero-order chi connectivity index (χ0) is 19.1. The Labute approximate surface area is 185 Å². The van der Waals surface area contributed by atoms with Crippen molar-refractivity contribution in [1.82, 2.24) is 10.6 Å². The van der Waals surface area contributed by atoms with Crippen molar-refractivity contribution in [2.75, 3.05) is 40.5 Å². The number of aryl methyl sites for hydroxylation is 1. The second kappa shape index (κ2) is 11.2. The molecule has 1 saturated heterocycles. The van der Waals surface area contributed by atoms with Crippen LogP contribution in [0.2, 0.25) is 0 Å². The quantitative estimate of drug-likeness (QED) is 0.308. The predicted octanol–water partition coefficient (Wildman–Crippen LogP) is 3.26. The van der Waals surface area contributed by atoms with Gasteiger partial charge in [-0.3, -0.25) is 4.99 Å². The molecule has 1 aliphatic heterocycles. The molecule has 0 aromatic heterocycles. The molecule has 158 valence electrons. The number of halogens is 1. The molecule has 1 aromatic carbocycles. The Bertz CT molecular complexity index is 644. The van der Waals surface area contributed by atoms with Crippen LogP contribution in [0.4, 0.5) is 0 Å². The predicted molar refractivity (Wildman–Crippen MR) is 123 cm³/mol. The van der Waals surface area contributed by atoms with Gasteiger partial charge in [-0.2, -0.15) is 0 Å². The molecule has 3 rings (SSSR count). The summed E-state index contributed by atoms with van der Waals surface area (Å²) in [5, 5.41) is 6.90. The van der Waals surface area contributed by atoms with E-state index < -0.39 is 0 Å². The number of nitrogens with zero attached hydrogens (tertiary/aromatic N) is 1. The average molecular weight is 503 g/mol. The van der Waals surface area contributed by atoms with Crippen LogP contribution in [0.1, 0.15) is 36.8 Å². The second-order valence-electron chi connectivity index (χ2n) is 7.74. The molecule has 1 aliphatic carbocycles. The molecule has 0 amide bonds. The van der Waals surface area contributed by atoms with Gasteiger partial charge in [0.2, 0.25) is 0 Å². The minimum Gasteiger partial charge on any atom is -0.488 e. The maximum absolute atomic E-state index is 6.18. The molecule has 1 atom stereocenters. The lowest BCUT2D eigenvalue weighted by molar-refractivity contribution is 0.140. The molecule has 0 radical (unpaired) electrons. The van der Waals surface area contributed by atoms with E-state index in [9.17, 15) is 0 Å². The fraction of sp³-hybridized carbons (Fsp3) is 0.667. The van der Waals surface area contributed by atoms with E-state index in [0.29, 0.717) is 18.6 Å². The van der Waals surface area contributed by atoms with Gasteiger partial charge in [-0.25, -0.2) is 0 Å². The third-order valence-corrected chi connectivity index (χ3v) is 5.50. The summed E-state index contributed by atoms with van der Waals surface area (Å²) < 4.78 is 16.9. The third kappa shape index (κ3) is 6.77. The van der Waals surface area contributed by atoms with Gasteiger partial charge in [0, 0.05) is 45.8 Å². The molecule has 1 aromatic rings. The first kappa shape index (κ1) is 23.2. The molecule has 0 spiro atoms. The largest absolute Gasteiger partial charge is 0.488 e. The minimum absolute atomic E-state index is 0. The van der Waals surface area contributed by atoms with Crippen molar-refractivity contribution in [1.29, 1.82) is 0 Å². The van der Waals surface area contributed by atoms with E-state index in [0.717, 1.165) is 49.9 Å². The van der Waals surface area contributed by atoms with Gasteiger partial charge in [-0.05, 0) is 43.2 Å². The monoisotopic (exact) mass is 503 g/mol. The highest BCUT2D eigenvalue weighted by Gasteiger charge is 2.41. The molecule has 2 aliphatic rings. The van der Waals surface area contributed by atoms with E-state index >= 15 is 0 Å². The summed E-state index contributed by atoms with van der Waals surface area (Å²) in [6, 6.07) is 6.35. The summed E-state index contributed by atoms with van der Waals surface area (Å²) in [6.07, 6.45) is 4.73. The smallest absolute Gasteiger partial charge is 0.191 e. The van der Waals surface area contributed by atoms with Crippen LogP contribution in [-0.4, -0.2) is 52.6 Å². The zero-order valence-corrected chi connectivity index (χ0v) is 19.6. The summed E-state index contributed by atoms with van der Waals surface area (Å²) in [6.45, 7) is 5.98. The van der Waals surface area contributed by atoms with Crippen molar-refractivity contribution in [3.05, 3.63) is 29.3 Å². The number of rotatable bonds is 9. The van der Waals surface area contributed by atoms with Crippen molar-refractivity contribution < 1.29 is 14.2 Å². The summed E-state index contributed by atoms with van der Waals surface area (Å²) in [5.74, 6) is 1.77. The van der Waals surface area contributed by atoms with Crippen molar-refractivity contribution in [2.24, 2.45) is 10.4 Å². The van der Waals surface area contributed by atoms with Crippen LogP contribution < -0.4 is 15.4 Å². The zero-order valence-electron chi connectivity index (χ0n) is 17.3. The molecule has 2 N–H and O–H groups in total. The van der Waals surface area contributed by atoms with Crippen LogP contribution in [0.3, 0.4) is 0 Å². The maximum atomic E-state index is 6.18. The molecule has 1 unspecified atom stereocenters. The molecule has 0 bridgehead atoms. The number of hydrogen-bond acceptors (Lipinski definition) is 4. The molecule has 2 fully saturated rings. The van der Waals surface area contributed by atoms with Gasteiger partial charge in [0.05, 0.1) is 13.2 Å². The van der Waals surface area contributed by atoms with Crippen molar-refractivity contribution >= 4 is 29.9 Å². The first-order chi connectivity index (χ1) is 13.1. The van der Waals surface area contributed by atoms with Gasteiger partial charge in [-0.1, -0.05) is 12.1 Å². The van der Waals surface area contributed by atoms with Crippen LogP contribution in [0, 0.1) is 12.3 Å². The first-order valence-electron chi connectivity index (χ1n) is 9.91. The number of methoxy groups -OCH3 is 1. The van der Waals surface area contributed by atoms with Gasteiger partial charge in [0.25, 0.3) is 0 Å². The fourth-order valence-electron chi connectivity index (χ4n) is 3.38. The van der Waals surface area contributed by atoms with E-state index in [1.807, 2.05) is 7.05 Å². The molecule has 7 heteroatoms. The Morgan fingerprint density at radius 3 is 2.79 bits per heavy atom. The van der Waals surface area contributed by atoms with Crippen LogP contribution in [0.5, 0.6) is 5.75 Å². The number of guanidine groups is 1. The second-order valence-corrected chi connectivity index (χ2v) is 7.74. The maximum Gasteiger partial charge on any atom is 0.191 e. The Kier molecular flexibility index (Phi) is 9.30. The third-order valence-electron chi connectivity index (χ3n) is 5.50. The molecule has 1 saturated carbocycles. The highest BCUT2D eigenvalue weighted by atomic mass is 127. The molecule has 6 nitrogen and oxygen atoms in total. The fourth-order valence-corrected chi connectivity index (χ4v) is 3.38. The van der Waals surface area contributed by atoms with Gasteiger partial charge < -0.3 is 24.8 Å². The Morgan fingerprint density at radius 2 is 2.14 bits per heavy atom. The summed E-state index contributed by atoms with van der Waals surface area (Å²) in [4.78, 5) is 4.37. The number of aliphatic imine (C=N–C) groups is 1. The lowest BCUT2D eigenvalue weighted by Gasteiger charge is -2.20. The van der Waals surface area contributed by atoms with Crippen LogP contribution in [0.15, 0.2) is 23.2 Å². The lowest BCUT2D eigenvalue weighted by Crippen LogP contribution is -2.40. The van der Waals surface area contributed by atoms with Crippen LogP contribution in [0.25, 0.3) is 0 Å². The van der Waals surface area contributed by atoms with Gasteiger partial charge in [0.1, 0.15) is 11.9 Å². The Hall–Kier alpha value is -1.06. The SMILES string of the molecule is CN=C(NCc1ccc(C)cc1OC1CCOC1)NCC1(CCOC)CC1.I. The van der Waals surface area contributed by atoms with E-state index in [-0.39, 0.29) is 30.1 Å². The van der Waals surface area contributed by atoms with Crippen molar-refractivity contribution in [3.63, 3.8) is 0 Å². The first-order valence-corrected chi connectivity index (χ1v) is 9.91. The molecular weight excluding hydrogens is 469 g/mol. The number of nitrogens with one attached hydrogen (secondary N) is 2. The summed E-state index contributed by atoms with van der Waals surface area (Å²) in [5.41, 5.74) is 2.72. The number of benzene rings is 1. The van der Waals surface area contributed by atoms with E-state index in [1.165, 1.54) is 18.4 Å². The average Bonchev–Trinajstić information content (AvgIpc) is 3.26. The van der Waals surface area contributed by atoms with Crippen molar-refractivity contribution in [2.45, 2.75) is 45.3 Å². The lowest BCUT2D eigenvalue weighted by atomic mass is 10.0. The normalized spacial score (nSPS) is 20.4. The van der Waals surface area contributed by atoms with Crippen LogP contribution >= 0.6 is 24.0 Å². The minimum atomic E-state index is 0. The molecular formula is C21H34IN3O3. The van der Waals surface area contributed by atoms with E-state index in [4.69, 9.17) is 14.2 Å². The highest BCUT2D eigenvalue weighted by Crippen LogP contribution is 2.48. The standard InChI is InChI=1S/C21H33N3O3.HI/c1-16-4-5-17(19(12-16)27-18-6-10-26-14-18)13-23-20(22-2)24-15-21(7-8-21)9-11-25-3;/h4-5,12,18H,6-11,13-15H2,1-3H3,(H2,22,23,24);1H. The van der Waals surface area contributed by atoms with E-state index in [1.54, 1.807) is 7.11 Å². The topological polar surface area (TPSA) is 64.1 Å². The van der Waals surface area contributed by atoms with Gasteiger partial charge in [-0.15, -0.1) is 24.0 Å². The highest BCUT2D eigenvalue weighted by molar-refractivity contribution is 14.0. The molecule has 28 heavy (non-hydrogen) atoms.